The van der Waals surface area contributed by atoms with Gasteiger partial charge < -0.3 is 15.4 Å². The van der Waals surface area contributed by atoms with Crippen LogP contribution in [0.15, 0.2) is 42.6 Å². The molecule has 0 bridgehead atoms. The van der Waals surface area contributed by atoms with Gasteiger partial charge in [0.2, 0.25) is 5.88 Å². The second kappa shape index (κ2) is 7.40. The summed E-state index contributed by atoms with van der Waals surface area (Å²) in [4.78, 5) is 15.5. The summed E-state index contributed by atoms with van der Waals surface area (Å²) in [5, 5.41) is 5.95. The molecule has 0 spiro atoms. The molecule has 0 fully saturated rings. The van der Waals surface area contributed by atoms with Gasteiger partial charge in [0, 0.05) is 38.0 Å². The quantitative estimate of drug-likeness (QED) is 0.848. The number of benzene rings is 1. The van der Waals surface area contributed by atoms with Crippen LogP contribution in [0.3, 0.4) is 0 Å². The molecule has 0 aliphatic rings. The Hall–Kier alpha value is -2.40. The molecule has 1 amide bonds. The van der Waals surface area contributed by atoms with Crippen LogP contribution in [0, 0.1) is 0 Å². The van der Waals surface area contributed by atoms with Gasteiger partial charge in [0.05, 0.1) is 7.11 Å². The van der Waals surface area contributed by atoms with Gasteiger partial charge in [-0.1, -0.05) is 12.1 Å². The van der Waals surface area contributed by atoms with Crippen molar-refractivity contribution in [2.75, 3.05) is 14.2 Å². The molecule has 5 nitrogen and oxygen atoms in total. The fraction of sp³-hybridized carbons (Fsp3) is 0.250. The Morgan fingerprint density at radius 3 is 2.52 bits per heavy atom. The van der Waals surface area contributed by atoms with Crippen molar-refractivity contribution in [3.8, 4) is 5.88 Å². The summed E-state index contributed by atoms with van der Waals surface area (Å²) >= 11 is 0. The lowest BCUT2D eigenvalue weighted by atomic mass is 10.1. The Bertz CT molecular complexity index is 597. The van der Waals surface area contributed by atoms with Crippen molar-refractivity contribution in [2.24, 2.45) is 0 Å². The van der Waals surface area contributed by atoms with Crippen LogP contribution in [-0.2, 0) is 13.1 Å². The van der Waals surface area contributed by atoms with E-state index in [2.05, 4.69) is 15.6 Å². The van der Waals surface area contributed by atoms with E-state index in [9.17, 15) is 4.79 Å². The first kappa shape index (κ1) is 15.0. The van der Waals surface area contributed by atoms with Gasteiger partial charge in [0.25, 0.3) is 5.91 Å². The van der Waals surface area contributed by atoms with E-state index in [4.69, 9.17) is 4.74 Å². The van der Waals surface area contributed by atoms with E-state index in [1.54, 1.807) is 20.4 Å². The molecule has 0 radical (unpaired) electrons. The normalized spacial score (nSPS) is 10.2. The van der Waals surface area contributed by atoms with E-state index >= 15 is 0 Å². The van der Waals surface area contributed by atoms with E-state index in [1.807, 2.05) is 36.4 Å². The number of hydrogen-bond donors (Lipinski definition) is 2. The van der Waals surface area contributed by atoms with Gasteiger partial charge in [-0.25, -0.2) is 4.98 Å². The highest BCUT2D eigenvalue weighted by molar-refractivity contribution is 5.93. The van der Waals surface area contributed by atoms with Crippen LogP contribution >= 0.6 is 0 Å². The summed E-state index contributed by atoms with van der Waals surface area (Å²) in [5.41, 5.74) is 2.91. The Morgan fingerprint density at radius 1 is 1.14 bits per heavy atom. The topological polar surface area (TPSA) is 63.2 Å². The molecule has 2 N–H and O–H groups in total. The van der Waals surface area contributed by atoms with Gasteiger partial charge in [-0.2, -0.15) is 0 Å². The molecule has 1 aromatic heterocycles. The van der Waals surface area contributed by atoms with E-state index < -0.39 is 0 Å². The first-order valence-electron chi connectivity index (χ1n) is 6.73. The van der Waals surface area contributed by atoms with Crippen molar-refractivity contribution in [1.29, 1.82) is 0 Å². The number of amides is 1. The molecule has 110 valence electrons. The number of ether oxygens (including phenoxy) is 1. The maximum Gasteiger partial charge on any atom is 0.251 e. The maximum absolute atomic E-state index is 11.4. The lowest BCUT2D eigenvalue weighted by molar-refractivity contribution is 0.0963. The summed E-state index contributed by atoms with van der Waals surface area (Å²) in [7, 11) is 3.23. The number of pyridine rings is 1. The number of hydrogen-bond acceptors (Lipinski definition) is 4. The molecule has 0 aliphatic carbocycles. The van der Waals surface area contributed by atoms with Gasteiger partial charge in [-0.3, -0.25) is 4.79 Å². The summed E-state index contributed by atoms with van der Waals surface area (Å²) in [6.07, 6.45) is 1.73. The zero-order valence-electron chi connectivity index (χ0n) is 12.2. The van der Waals surface area contributed by atoms with E-state index in [0.29, 0.717) is 11.4 Å². The van der Waals surface area contributed by atoms with Crippen LogP contribution in [0.1, 0.15) is 21.5 Å². The lowest BCUT2D eigenvalue weighted by Crippen LogP contribution is -2.18. The predicted molar refractivity (Wildman–Crippen MR) is 81.2 cm³/mol. The Balaban J connectivity index is 1.87. The first-order valence-corrected chi connectivity index (χ1v) is 6.73. The Morgan fingerprint density at radius 2 is 1.86 bits per heavy atom. The van der Waals surface area contributed by atoms with Crippen LogP contribution in [0.2, 0.25) is 0 Å². The number of carbonyl (C=O) groups excluding carboxylic acids is 1. The number of nitrogens with zero attached hydrogens (tertiary/aromatic N) is 1. The third-order valence-corrected chi connectivity index (χ3v) is 3.11. The highest BCUT2D eigenvalue weighted by atomic mass is 16.5. The number of aromatic nitrogens is 1. The first-order chi connectivity index (χ1) is 10.2. The summed E-state index contributed by atoms with van der Waals surface area (Å²) in [5.74, 6) is 0.544. The number of rotatable bonds is 6. The smallest absolute Gasteiger partial charge is 0.251 e. The number of nitrogens with one attached hydrogen (secondary N) is 2. The van der Waals surface area contributed by atoms with Gasteiger partial charge in [-0.15, -0.1) is 0 Å². The van der Waals surface area contributed by atoms with Crippen LogP contribution in [0.25, 0.3) is 0 Å². The van der Waals surface area contributed by atoms with Gasteiger partial charge in [0.15, 0.2) is 0 Å². The minimum Gasteiger partial charge on any atom is -0.481 e. The molecule has 5 heteroatoms. The molecule has 1 aromatic carbocycles. The molecular weight excluding hydrogens is 266 g/mol. The standard InChI is InChI=1S/C16H19N3O2/c1-17-16(20)14-5-3-12(4-6-14)10-18-11-13-7-8-19-15(9-13)21-2/h3-9,18H,10-11H2,1-2H3,(H,17,20). The molecule has 0 unspecified atom stereocenters. The molecule has 1 heterocycles. The van der Waals surface area contributed by atoms with Crippen molar-refractivity contribution in [2.45, 2.75) is 13.1 Å². The third-order valence-electron chi connectivity index (χ3n) is 3.11. The number of methoxy groups -OCH3 is 1. The highest BCUT2D eigenvalue weighted by Crippen LogP contribution is 2.09. The van der Waals surface area contributed by atoms with Crippen molar-refractivity contribution < 1.29 is 9.53 Å². The summed E-state index contributed by atoms with van der Waals surface area (Å²) in [6.45, 7) is 1.47. The number of carbonyl (C=O) groups is 1. The average Bonchev–Trinajstić information content (AvgIpc) is 2.55. The lowest BCUT2D eigenvalue weighted by Gasteiger charge is -2.07. The summed E-state index contributed by atoms with van der Waals surface area (Å²) < 4.78 is 5.09. The molecule has 21 heavy (non-hydrogen) atoms. The van der Waals surface area contributed by atoms with Crippen LogP contribution in [0.5, 0.6) is 5.88 Å². The fourth-order valence-electron chi connectivity index (χ4n) is 1.94. The third kappa shape index (κ3) is 4.29. The zero-order valence-corrected chi connectivity index (χ0v) is 12.2. The molecular formula is C16H19N3O2. The van der Waals surface area contributed by atoms with Crippen LogP contribution < -0.4 is 15.4 Å². The molecule has 0 saturated heterocycles. The van der Waals surface area contributed by atoms with Crippen molar-refractivity contribution in [3.05, 3.63) is 59.3 Å². The zero-order chi connectivity index (χ0) is 15.1. The van der Waals surface area contributed by atoms with Crippen LogP contribution in [-0.4, -0.2) is 25.0 Å². The SMILES string of the molecule is CNC(=O)c1ccc(CNCc2ccnc(OC)c2)cc1. The van der Waals surface area contributed by atoms with Crippen molar-refractivity contribution >= 4 is 5.91 Å². The fourth-order valence-corrected chi connectivity index (χ4v) is 1.94. The van der Waals surface area contributed by atoms with E-state index in [1.165, 1.54) is 0 Å². The van der Waals surface area contributed by atoms with Gasteiger partial charge in [-0.05, 0) is 29.3 Å². The Labute approximate surface area is 124 Å². The largest absolute Gasteiger partial charge is 0.481 e. The second-order valence-corrected chi connectivity index (χ2v) is 4.59. The van der Waals surface area contributed by atoms with E-state index in [0.717, 1.165) is 24.2 Å². The maximum atomic E-state index is 11.4. The second-order valence-electron chi connectivity index (χ2n) is 4.59. The van der Waals surface area contributed by atoms with E-state index in [-0.39, 0.29) is 5.91 Å². The molecule has 0 saturated carbocycles. The van der Waals surface area contributed by atoms with Gasteiger partial charge >= 0.3 is 0 Å². The Kier molecular flexibility index (Phi) is 5.29. The molecule has 2 rings (SSSR count). The average molecular weight is 285 g/mol. The monoisotopic (exact) mass is 285 g/mol. The minimum atomic E-state index is -0.0709. The highest BCUT2D eigenvalue weighted by Gasteiger charge is 2.02. The van der Waals surface area contributed by atoms with Gasteiger partial charge in [0.1, 0.15) is 0 Å². The molecule has 0 aliphatic heterocycles. The molecule has 0 atom stereocenters. The van der Waals surface area contributed by atoms with Crippen molar-refractivity contribution in [1.82, 2.24) is 15.6 Å². The van der Waals surface area contributed by atoms with Crippen molar-refractivity contribution in [3.63, 3.8) is 0 Å². The summed E-state index contributed by atoms with van der Waals surface area (Å²) in [6, 6.07) is 11.4. The minimum absolute atomic E-state index is 0.0709. The predicted octanol–water partition coefficient (Wildman–Crippen LogP) is 1.74. The molecule has 2 aromatic rings. The van der Waals surface area contributed by atoms with Crippen LogP contribution in [0.4, 0.5) is 0 Å².